The number of benzene rings is 2. The van der Waals surface area contributed by atoms with Gasteiger partial charge in [0.05, 0.1) is 6.04 Å². The number of halogens is 2. The summed E-state index contributed by atoms with van der Waals surface area (Å²) in [7, 11) is 0. The molecule has 2 amide bonds. The smallest absolute Gasteiger partial charge is 0.315 e. The Kier molecular flexibility index (Phi) is 6.54. The molecule has 0 fully saturated rings. The van der Waals surface area contributed by atoms with Gasteiger partial charge in [-0.2, -0.15) is 4.98 Å². The van der Waals surface area contributed by atoms with Crippen molar-refractivity contribution in [3.8, 4) is 11.5 Å². The van der Waals surface area contributed by atoms with E-state index < -0.39 is 17.7 Å². The number of hydrogen-bond donors (Lipinski definition) is 2. The number of rotatable bonds is 7. The fourth-order valence-corrected chi connectivity index (χ4v) is 2.76. The normalized spacial score (nSPS) is 11.9. The largest absolute Gasteiger partial charge is 0.338 e. The first-order valence-electron chi connectivity index (χ1n) is 9.37. The van der Waals surface area contributed by atoms with Gasteiger partial charge in [0.1, 0.15) is 0 Å². The molecular weight excluding hydrogens is 378 g/mol. The first kappa shape index (κ1) is 20.4. The van der Waals surface area contributed by atoms with Crippen LogP contribution in [0.2, 0.25) is 0 Å². The number of carbonyl (C=O) groups excluding carboxylic acids is 1. The van der Waals surface area contributed by atoms with Crippen LogP contribution in [0.3, 0.4) is 0 Å². The molecule has 3 aromatic rings. The Morgan fingerprint density at radius 2 is 1.90 bits per heavy atom. The second kappa shape index (κ2) is 9.27. The van der Waals surface area contributed by atoms with Crippen LogP contribution in [0, 0.1) is 11.6 Å². The van der Waals surface area contributed by atoms with Crippen molar-refractivity contribution in [1.29, 1.82) is 0 Å². The van der Waals surface area contributed by atoms with Gasteiger partial charge < -0.3 is 15.2 Å². The van der Waals surface area contributed by atoms with Gasteiger partial charge in [0, 0.05) is 18.5 Å². The number of aromatic nitrogens is 2. The molecule has 0 radical (unpaired) electrons. The monoisotopic (exact) mass is 400 g/mol. The van der Waals surface area contributed by atoms with Crippen LogP contribution in [0.4, 0.5) is 13.6 Å². The Morgan fingerprint density at radius 3 is 2.55 bits per heavy atom. The molecule has 0 bridgehead atoms. The number of nitrogens with one attached hydrogen (secondary N) is 2. The highest BCUT2D eigenvalue weighted by molar-refractivity contribution is 5.74. The molecule has 152 valence electrons. The molecule has 2 N–H and O–H groups in total. The average Bonchev–Trinajstić information content (AvgIpc) is 3.20. The summed E-state index contributed by atoms with van der Waals surface area (Å²) < 4.78 is 31.5. The molecule has 1 aromatic heterocycles. The van der Waals surface area contributed by atoms with Crippen LogP contribution in [-0.4, -0.2) is 22.7 Å². The molecule has 0 saturated carbocycles. The third-order valence-corrected chi connectivity index (χ3v) is 4.48. The lowest BCUT2D eigenvalue weighted by atomic mass is 10.1. The highest BCUT2D eigenvalue weighted by Gasteiger charge is 2.12. The molecule has 8 heteroatoms. The van der Waals surface area contributed by atoms with Gasteiger partial charge >= 0.3 is 6.03 Å². The van der Waals surface area contributed by atoms with E-state index in [2.05, 4.69) is 20.8 Å². The molecule has 0 spiro atoms. The number of amides is 2. The third kappa shape index (κ3) is 5.37. The Bertz CT molecular complexity index is 973. The van der Waals surface area contributed by atoms with Crippen molar-refractivity contribution in [3.05, 3.63) is 71.1 Å². The maximum Gasteiger partial charge on any atom is 0.315 e. The van der Waals surface area contributed by atoms with Gasteiger partial charge in [-0.25, -0.2) is 13.6 Å². The Hall–Kier alpha value is -3.29. The summed E-state index contributed by atoms with van der Waals surface area (Å²) >= 11 is 0. The third-order valence-electron chi connectivity index (χ3n) is 4.48. The summed E-state index contributed by atoms with van der Waals surface area (Å²) in [5, 5.41) is 9.33. The van der Waals surface area contributed by atoms with E-state index in [1.165, 1.54) is 6.07 Å². The summed E-state index contributed by atoms with van der Waals surface area (Å²) in [6.07, 6.45) is 1.35. The Labute approximate surface area is 167 Å². The standard InChI is InChI=1S/C21H22F2N4O2/c1-3-19-26-20(29-27-19)15-6-4-14(5-7-15)10-11-24-21(28)25-13(2)16-8-9-17(22)18(23)12-16/h4-9,12-13H,3,10-11H2,1-2H3,(H2,24,25,28). The van der Waals surface area contributed by atoms with Crippen molar-refractivity contribution >= 4 is 6.03 Å². The zero-order valence-corrected chi connectivity index (χ0v) is 16.2. The van der Waals surface area contributed by atoms with Crippen molar-refractivity contribution in [2.75, 3.05) is 6.54 Å². The van der Waals surface area contributed by atoms with Crippen molar-refractivity contribution < 1.29 is 18.1 Å². The zero-order chi connectivity index (χ0) is 20.8. The predicted octanol–water partition coefficient (Wildman–Crippen LogP) is 4.18. The fraction of sp³-hybridized carbons (Fsp3) is 0.286. The Balaban J connectivity index is 1.46. The van der Waals surface area contributed by atoms with Crippen molar-refractivity contribution in [2.24, 2.45) is 0 Å². The van der Waals surface area contributed by atoms with Crippen LogP contribution in [0.25, 0.3) is 11.5 Å². The van der Waals surface area contributed by atoms with Gasteiger partial charge in [-0.1, -0.05) is 30.3 Å². The van der Waals surface area contributed by atoms with Gasteiger partial charge in [0.15, 0.2) is 17.5 Å². The van der Waals surface area contributed by atoms with E-state index in [4.69, 9.17) is 4.52 Å². The molecule has 0 aliphatic rings. The lowest BCUT2D eigenvalue weighted by molar-refractivity contribution is 0.238. The summed E-state index contributed by atoms with van der Waals surface area (Å²) in [4.78, 5) is 16.3. The predicted molar refractivity (Wildman–Crippen MR) is 104 cm³/mol. The number of hydrogen-bond acceptors (Lipinski definition) is 4. The number of nitrogens with zero attached hydrogens (tertiary/aromatic N) is 2. The van der Waals surface area contributed by atoms with E-state index in [9.17, 15) is 13.6 Å². The molecule has 0 aliphatic carbocycles. The molecule has 29 heavy (non-hydrogen) atoms. The van der Waals surface area contributed by atoms with E-state index in [1.54, 1.807) is 6.92 Å². The van der Waals surface area contributed by atoms with Gasteiger partial charge in [0.25, 0.3) is 5.89 Å². The molecule has 6 nitrogen and oxygen atoms in total. The van der Waals surface area contributed by atoms with Crippen LogP contribution in [-0.2, 0) is 12.8 Å². The van der Waals surface area contributed by atoms with Crippen molar-refractivity contribution in [2.45, 2.75) is 32.7 Å². The number of urea groups is 1. The lowest BCUT2D eigenvalue weighted by Crippen LogP contribution is -2.38. The summed E-state index contributed by atoms with van der Waals surface area (Å²) in [5.74, 6) is -0.707. The molecule has 2 aromatic carbocycles. The van der Waals surface area contributed by atoms with Crippen LogP contribution in [0.5, 0.6) is 0 Å². The molecule has 1 unspecified atom stereocenters. The summed E-state index contributed by atoms with van der Waals surface area (Å²) in [6, 6.07) is 10.4. The van der Waals surface area contributed by atoms with Crippen LogP contribution in [0.15, 0.2) is 47.0 Å². The highest BCUT2D eigenvalue weighted by Crippen LogP contribution is 2.18. The van der Waals surface area contributed by atoms with E-state index in [-0.39, 0.29) is 6.03 Å². The molecule has 1 heterocycles. The van der Waals surface area contributed by atoms with Crippen LogP contribution < -0.4 is 10.6 Å². The van der Waals surface area contributed by atoms with E-state index in [0.29, 0.717) is 36.7 Å². The van der Waals surface area contributed by atoms with Gasteiger partial charge in [0.2, 0.25) is 0 Å². The molecule has 0 aliphatic heterocycles. The minimum atomic E-state index is -0.938. The second-order valence-electron chi connectivity index (χ2n) is 6.61. The van der Waals surface area contributed by atoms with E-state index in [0.717, 1.165) is 23.3 Å². The van der Waals surface area contributed by atoms with Crippen LogP contribution in [0.1, 0.15) is 36.8 Å². The Morgan fingerprint density at radius 1 is 1.14 bits per heavy atom. The van der Waals surface area contributed by atoms with E-state index in [1.807, 2.05) is 31.2 Å². The SMILES string of the molecule is CCc1noc(-c2ccc(CCNC(=O)NC(C)c3ccc(F)c(F)c3)cc2)n1. The van der Waals surface area contributed by atoms with Crippen molar-refractivity contribution in [1.82, 2.24) is 20.8 Å². The van der Waals surface area contributed by atoms with Gasteiger partial charge in [-0.15, -0.1) is 0 Å². The van der Waals surface area contributed by atoms with Gasteiger partial charge in [-0.05, 0) is 48.7 Å². The molecule has 0 saturated heterocycles. The summed E-state index contributed by atoms with van der Waals surface area (Å²) in [5.41, 5.74) is 2.37. The maximum absolute atomic E-state index is 13.3. The first-order chi connectivity index (χ1) is 14.0. The molecule has 3 rings (SSSR count). The van der Waals surface area contributed by atoms with Crippen molar-refractivity contribution in [3.63, 3.8) is 0 Å². The quantitative estimate of drug-likeness (QED) is 0.624. The molecule has 1 atom stereocenters. The fourth-order valence-electron chi connectivity index (χ4n) is 2.76. The zero-order valence-electron chi connectivity index (χ0n) is 16.2. The van der Waals surface area contributed by atoms with Crippen LogP contribution >= 0.6 is 0 Å². The van der Waals surface area contributed by atoms with E-state index >= 15 is 0 Å². The number of aryl methyl sites for hydroxylation is 1. The number of carbonyl (C=O) groups is 1. The first-order valence-corrected chi connectivity index (χ1v) is 9.37. The second-order valence-corrected chi connectivity index (χ2v) is 6.61. The van der Waals surface area contributed by atoms with Gasteiger partial charge in [-0.3, -0.25) is 0 Å². The minimum Gasteiger partial charge on any atom is -0.338 e. The lowest BCUT2D eigenvalue weighted by Gasteiger charge is -2.15. The topological polar surface area (TPSA) is 80.0 Å². The minimum absolute atomic E-state index is 0.378. The maximum atomic E-state index is 13.3. The summed E-state index contributed by atoms with van der Waals surface area (Å²) in [6.45, 7) is 4.09. The highest BCUT2D eigenvalue weighted by atomic mass is 19.2. The average molecular weight is 400 g/mol. The molecular formula is C21H22F2N4O2.